The summed E-state index contributed by atoms with van der Waals surface area (Å²) in [4.78, 5) is 10.0. The Labute approximate surface area is 55.9 Å². The van der Waals surface area contributed by atoms with Crippen molar-refractivity contribution >= 4 is 22.8 Å². The molecule has 0 aliphatic heterocycles. The number of anilines is 1. The molecule has 1 rings (SSSR count). The van der Waals surface area contributed by atoms with Gasteiger partial charge in [-0.3, -0.25) is 4.79 Å². The number of nitrogens with one attached hydrogen (secondary N) is 1. The van der Waals surface area contributed by atoms with E-state index in [-0.39, 0.29) is 0 Å². The van der Waals surface area contributed by atoms with Gasteiger partial charge in [0.2, 0.25) is 5.13 Å². The second-order valence-corrected chi connectivity index (χ2v) is 2.32. The monoisotopic (exact) mass is 143 g/mol. The molecule has 0 radical (unpaired) electrons. The third-order valence-electron chi connectivity index (χ3n) is 0.755. The van der Waals surface area contributed by atoms with Gasteiger partial charge >= 0.3 is 0 Å². The van der Waals surface area contributed by atoms with E-state index in [0.29, 0.717) is 16.4 Å². The van der Waals surface area contributed by atoms with Crippen LogP contribution in [-0.2, 0) is 0 Å². The third-order valence-corrected chi connectivity index (χ3v) is 1.62. The molecule has 0 aliphatic carbocycles. The topological polar surface area (TPSA) is 54.9 Å². The fourth-order valence-electron chi connectivity index (χ4n) is 0.383. The molecule has 0 aromatic carbocycles. The summed E-state index contributed by atoms with van der Waals surface area (Å²) in [6, 6.07) is 0. The maximum absolute atomic E-state index is 10.0. The van der Waals surface area contributed by atoms with E-state index in [4.69, 9.17) is 0 Å². The summed E-state index contributed by atoms with van der Waals surface area (Å²) in [6.45, 7) is 0. The highest BCUT2D eigenvalue weighted by atomic mass is 32.1. The number of aldehydes is 1. The zero-order valence-electron chi connectivity index (χ0n) is 4.79. The summed E-state index contributed by atoms with van der Waals surface area (Å²) < 4.78 is 0. The van der Waals surface area contributed by atoms with Gasteiger partial charge in [-0.15, -0.1) is 10.2 Å². The number of aromatic nitrogens is 2. The summed E-state index contributed by atoms with van der Waals surface area (Å²) in [6.07, 6.45) is 0.679. The third kappa shape index (κ3) is 1.23. The van der Waals surface area contributed by atoms with Gasteiger partial charge in [-0.1, -0.05) is 11.3 Å². The maximum Gasteiger partial charge on any atom is 0.205 e. The van der Waals surface area contributed by atoms with Crippen molar-refractivity contribution in [2.45, 2.75) is 0 Å². The molecule has 4 nitrogen and oxygen atoms in total. The van der Waals surface area contributed by atoms with E-state index in [0.717, 1.165) is 0 Å². The van der Waals surface area contributed by atoms with Crippen LogP contribution in [0.1, 0.15) is 9.80 Å². The number of hydrogen-bond acceptors (Lipinski definition) is 5. The Kier molecular flexibility index (Phi) is 1.74. The van der Waals surface area contributed by atoms with Crippen LogP contribution in [0.3, 0.4) is 0 Å². The van der Waals surface area contributed by atoms with Crippen molar-refractivity contribution in [3.63, 3.8) is 0 Å². The van der Waals surface area contributed by atoms with Gasteiger partial charge in [0.1, 0.15) is 0 Å². The molecule has 1 aromatic rings. The molecule has 1 heterocycles. The summed E-state index contributed by atoms with van der Waals surface area (Å²) in [5.74, 6) is 0. The summed E-state index contributed by atoms with van der Waals surface area (Å²) in [5, 5.41) is 11.0. The van der Waals surface area contributed by atoms with Crippen LogP contribution < -0.4 is 5.32 Å². The Bertz CT molecular complexity index is 209. The Morgan fingerprint density at radius 1 is 1.67 bits per heavy atom. The second kappa shape index (κ2) is 2.54. The minimum Gasteiger partial charge on any atom is -0.363 e. The van der Waals surface area contributed by atoms with Crippen molar-refractivity contribution in [1.29, 1.82) is 0 Å². The predicted molar refractivity (Wildman–Crippen MR) is 34.8 cm³/mol. The average Bonchev–Trinajstić information content (AvgIpc) is 2.34. The molecule has 0 bridgehead atoms. The van der Waals surface area contributed by atoms with E-state index in [9.17, 15) is 4.79 Å². The highest BCUT2D eigenvalue weighted by Gasteiger charge is 1.97. The van der Waals surface area contributed by atoms with Gasteiger partial charge in [-0.05, 0) is 0 Å². The molecule has 5 heteroatoms. The fraction of sp³-hybridized carbons (Fsp3) is 0.250. The first-order chi connectivity index (χ1) is 4.36. The van der Waals surface area contributed by atoms with Crippen LogP contribution >= 0.6 is 11.3 Å². The number of carbonyl (C=O) groups is 1. The Morgan fingerprint density at radius 3 is 2.78 bits per heavy atom. The van der Waals surface area contributed by atoms with E-state index in [1.54, 1.807) is 7.05 Å². The SMILES string of the molecule is CNc1nnc(C=O)s1. The van der Waals surface area contributed by atoms with Gasteiger partial charge in [0.15, 0.2) is 11.3 Å². The van der Waals surface area contributed by atoms with Crippen LogP contribution in [0.2, 0.25) is 0 Å². The van der Waals surface area contributed by atoms with Crippen LogP contribution in [0.4, 0.5) is 5.13 Å². The van der Waals surface area contributed by atoms with E-state index in [1.807, 2.05) is 0 Å². The minimum atomic E-state index is 0.402. The zero-order valence-corrected chi connectivity index (χ0v) is 5.60. The lowest BCUT2D eigenvalue weighted by Gasteiger charge is -1.82. The van der Waals surface area contributed by atoms with Gasteiger partial charge < -0.3 is 5.32 Å². The molecular weight excluding hydrogens is 138 g/mol. The molecule has 0 fully saturated rings. The van der Waals surface area contributed by atoms with Crippen LogP contribution in [0.25, 0.3) is 0 Å². The molecule has 48 valence electrons. The van der Waals surface area contributed by atoms with E-state index < -0.39 is 0 Å². The van der Waals surface area contributed by atoms with Gasteiger partial charge in [0.05, 0.1) is 0 Å². The van der Waals surface area contributed by atoms with Crippen molar-refractivity contribution in [1.82, 2.24) is 10.2 Å². The first kappa shape index (κ1) is 6.15. The number of hydrogen-bond donors (Lipinski definition) is 1. The van der Waals surface area contributed by atoms with Crippen molar-refractivity contribution in [3.05, 3.63) is 5.01 Å². The number of rotatable bonds is 2. The predicted octanol–water partition coefficient (Wildman–Crippen LogP) is 0.392. The van der Waals surface area contributed by atoms with Crippen LogP contribution in [-0.4, -0.2) is 23.5 Å². The van der Waals surface area contributed by atoms with Gasteiger partial charge in [0, 0.05) is 7.05 Å². The van der Waals surface area contributed by atoms with Crippen molar-refractivity contribution < 1.29 is 4.79 Å². The molecule has 0 saturated carbocycles. The number of carbonyl (C=O) groups excluding carboxylic acids is 1. The zero-order chi connectivity index (χ0) is 6.69. The molecule has 9 heavy (non-hydrogen) atoms. The van der Waals surface area contributed by atoms with E-state index in [1.165, 1.54) is 11.3 Å². The average molecular weight is 143 g/mol. The van der Waals surface area contributed by atoms with Crippen LogP contribution in [0.5, 0.6) is 0 Å². The quantitative estimate of drug-likeness (QED) is 0.608. The maximum atomic E-state index is 10.0. The van der Waals surface area contributed by atoms with Crippen LogP contribution in [0.15, 0.2) is 0 Å². The molecule has 0 aliphatic rings. The molecule has 0 amide bonds. The van der Waals surface area contributed by atoms with Gasteiger partial charge in [-0.2, -0.15) is 0 Å². The van der Waals surface area contributed by atoms with Crippen LogP contribution in [0, 0.1) is 0 Å². The van der Waals surface area contributed by atoms with Gasteiger partial charge in [-0.25, -0.2) is 0 Å². The smallest absolute Gasteiger partial charge is 0.205 e. The summed E-state index contributed by atoms with van der Waals surface area (Å²) >= 11 is 1.23. The highest BCUT2D eigenvalue weighted by molar-refractivity contribution is 7.16. The lowest BCUT2D eigenvalue weighted by molar-refractivity contribution is 0.112. The first-order valence-electron chi connectivity index (χ1n) is 2.33. The summed E-state index contributed by atoms with van der Waals surface area (Å²) in [7, 11) is 1.73. The van der Waals surface area contributed by atoms with Crippen molar-refractivity contribution in [3.8, 4) is 0 Å². The first-order valence-corrected chi connectivity index (χ1v) is 3.15. The minimum absolute atomic E-state index is 0.402. The molecule has 0 saturated heterocycles. The van der Waals surface area contributed by atoms with E-state index >= 15 is 0 Å². The van der Waals surface area contributed by atoms with Gasteiger partial charge in [0.25, 0.3) is 0 Å². The lowest BCUT2D eigenvalue weighted by atomic mass is 10.8. The number of nitrogens with zero attached hydrogens (tertiary/aromatic N) is 2. The Balaban J connectivity index is 2.86. The standard InChI is InChI=1S/C4H5N3OS/c1-5-4-7-6-3(2-8)9-4/h2H,1H3,(H,5,7). The molecule has 0 unspecified atom stereocenters. The molecule has 0 atom stereocenters. The molecular formula is C4H5N3OS. The van der Waals surface area contributed by atoms with Crippen molar-refractivity contribution in [2.75, 3.05) is 12.4 Å². The highest BCUT2D eigenvalue weighted by Crippen LogP contribution is 2.10. The molecule has 1 N–H and O–H groups in total. The molecule has 0 spiro atoms. The van der Waals surface area contributed by atoms with Crippen molar-refractivity contribution in [2.24, 2.45) is 0 Å². The second-order valence-electron chi connectivity index (χ2n) is 1.31. The summed E-state index contributed by atoms with van der Waals surface area (Å²) in [5.41, 5.74) is 0. The Morgan fingerprint density at radius 2 is 2.44 bits per heavy atom. The normalized spacial score (nSPS) is 9.00. The fourth-order valence-corrected chi connectivity index (χ4v) is 0.895. The molecule has 1 aromatic heterocycles. The largest absolute Gasteiger partial charge is 0.363 e. The van der Waals surface area contributed by atoms with E-state index in [2.05, 4.69) is 15.5 Å². The Hall–Kier alpha value is -0.970. The lowest BCUT2D eigenvalue weighted by Crippen LogP contribution is -1.84.